The first kappa shape index (κ1) is 12.9. The molecule has 2 aromatic rings. The molecule has 1 heterocycles. The molecule has 0 unspecified atom stereocenters. The van der Waals surface area contributed by atoms with Crippen molar-refractivity contribution in [2.24, 2.45) is 0 Å². The Hall–Kier alpha value is -2.10. The fourth-order valence-corrected chi connectivity index (χ4v) is 2.64. The van der Waals surface area contributed by atoms with Crippen LogP contribution in [0.4, 0.5) is 5.82 Å². The number of hydrogen-bond acceptors (Lipinski definition) is 3. The van der Waals surface area contributed by atoms with E-state index in [2.05, 4.69) is 10.5 Å². The molecular formula is C16H18N2O2. The predicted octanol–water partition coefficient (Wildman–Crippen LogP) is 3.04. The summed E-state index contributed by atoms with van der Waals surface area (Å²) < 4.78 is 5.30. The Balaban J connectivity index is 1.70. The molecule has 0 radical (unpaired) electrons. The van der Waals surface area contributed by atoms with Gasteiger partial charge in [-0.05, 0) is 37.3 Å². The van der Waals surface area contributed by atoms with Crippen molar-refractivity contribution in [2.45, 2.75) is 39.0 Å². The molecule has 1 aliphatic carbocycles. The number of rotatable bonds is 3. The Morgan fingerprint density at radius 1 is 1.30 bits per heavy atom. The first-order valence-corrected chi connectivity index (χ1v) is 7.06. The number of carbonyl (C=O) groups excluding carboxylic acids is 1. The van der Waals surface area contributed by atoms with Crippen LogP contribution in [0.2, 0.25) is 0 Å². The first-order chi connectivity index (χ1) is 9.74. The van der Waals surface area contributed by atoms with Crippen LogP contribution in [0.15, 0.2) is 28.8 Å². The fraction of sp³-hybridized carbons (Fsp3) is 0.375. The number of nitrogens with zero attached hydrogens (tertiary/aromatic N) is 1. The van der Waals surface area contributed by atoms with E-state index in [0.717, 1.165) is 48.1 Å². The lowest BCUT2D eigenvalue weighted by Crippen LogP contribution is -2.16. The molecule has 4 heteroatoms. The molecule has 0 fully saturated rings. The van der Waals surface area contributed by atoms with Crippen LogP contribution in [-0.4, -0.2) is 11.1 Å². The van der Waals surface area contributed by atoms with E-state index in [0.29, 0.717) is 12.2 Å². The van der Waals surface area contributed by atoms with Gasteiger partial charge in [0.25, 0.3) is 0 Å². The SMILES string of the molecule is Cc1ccccc1CC(=O)Nc1noc2c1CCCC2. The normalized spacial score (nSPS) is 13.8. The zero-order valence-corrected chi connectivity index (χ0v) is 11.6. The average Bonchev–Trinajstić information content (AvgIpc) is 2.85. The standard InChI is InChI=1S/C16H18N2O2/c1-11-6-2-3-7-12(11)10-15(19)17-16-13-8-4-5-9-14(13)20-18-16/h2-3,6-7H,4-5,8-10H2,1H3,(H,17,18,19). The van der Waals surface area contributed by atoms with Crippen molar-refractivity contribution < 1.29 is 9.32 Å². The Labute approximate surface area is 118 Å². The van der Waals surface area contributed by atoms with Crippen LogP contribution in [0.5, 0.6) is 0 Å². The molecule has 0 atom stereocenters. The topological polar surface area (TPSA) is 55.1 Å². The maximum absolute atomic E-state index is 12.1. The molecule has 3 rings (SSSR count). The highest BCUT2D eigenvalue weighted by atomic mass is 16.5. The van der Waals surface area contributed by atoms with Crippen molar-refractivity contribution in [3.8, 4) is 0 Å². The van der Waals surface area contributed by atoms with E-state index in [-0.39, 0.29) is 5.91 Å². The monoisotopic (exact) mass is 270 g/mol. The molecule has 0 aliphatic heterocycles. The Kier molecular flexibility index (Phi) is 3.54. The Morgan fingerprint density at radius 3 is 2.95 bits per heavy atom. The van der Waals surface area contributed by atoms with Gasteiger partial charge >= 0.3 is 0 Å². The van der Waals surface area contributed by atoms with E-state index in [9.17, 15) is 4.79 Å². The minimum Gasteiger partial charge on any atom is -0.359 e. The van der Waals surface area contributed by atoms with Crippen molar-refractivity contribution in [2.75, 3.05) is 5.32 Å². The second-order valence-corrected chi connectivity index (χ2v) is 5.29. The van der Waals surface area contributed by atoms with Crippen LogP contribution < -0.4 is 5.32 Å². The average molecular weight is 270 g/mol. The van der Waals surface area contributed by atoms with Crippen molar-refractivity contribution in [3.05, 3.63) is 46.7 Å². The molecule has 4 nitrogen and oxygen atoms in total. The summed E-state index contributed by atoms with van der Waals surface area (Å²) in [6.07, 6.45) is 4.51. The lowest BCUT2D eigenvalue weighted by atomic mass is 9.98. The summed E-state index contributed by atoms with van der Waals surface area (Å²) in [5.41, 5.74) is 3.25. The van der Waals surface area contributed by atoms with Gasteiger partial charge in [-0.2, -0.15) is 0 Å². The summed E-state index contributed by atoms with van der Waals surface area (Å²) in [5, 5.41) is 6.88. The van der Waals surface area contributed by atoms with Gasteiger partial charge in [-0.25, -0.2) is 0 Å². The van der Waals surface area contributed by atoms with Gasteiger partial charge in [0, 0.05) is 12.0 Å². The van der Waals surface area contributed by atoms with Crippen molar-refractivity contribution in [1.29, 1.82) is 0 Å². The molecule has 1 N–H and O–H groups in total. The van der Waals surface area contributed by atoms with Crippen LogP contribution in [0, 0.1) is 6.92 Å². The molecule has 104 valence electrons. The molecule has 1 aromatic carbocycles. The molecule has 0 saturated heterocycles. The van der Waals surface area contributed by atoms with Gasteiger partial charge < -0.3 is 9.84 Å². The zero-order valence-electron chi connectivity index (χ0n) is 11.6. The van der Waals surface area contributed by atoms with Crippen LogP contribution in [0.25, 0.3) is 0 Å². The predicted molar refractivity (Wildman–Crippen MR) is 76.7 cm³/mol. The Bertz CT molecular complexity index is 631. The minimum absolute atomic E-state index is 0.0408. The second kappa shape index (κ2) is 5.49. The van der Waals surface area contributed by atoms with Crippen LogP contribution in [-0.2, 0) is 24.1 Å². The molecule has 20 heavy (non-hydrogen) atoms. The van der Waals surface area contributed by atoms with Gasteiger partial charge in [0.05, 0.1) is 6.42 Å². The van der Waals surface area contributed by atoms with Gasteiger partial charge in [0.15, 0.2) is 5.82 Å². The molecule has 0 spiro atoms. The summed E-state index contributed by atoms with van der Waals surface area (Å²) in [4.78, 5) is 12.1. The van der Waals surface area contributed by atoms with E-state index in [1.807, 2.05) is 31.2 Å². The number of benzene rings is 1. The lowest BCUT2D eigenvalue weighted by Gasteiger charge is -2.10. The smallest absolute Gasteiger partial charge is 0.230 e. The number of carbonyl (C=O) groups is 1. The number of anilines is 1. The third-order valence-corrected chi connectivity index (χ3v) is 3.82. The van der Waals surface area contributed by atoms with E-state index in [1.165, 1.54) is 0 Å². The lowest BCUT2D eigenvalue weighted by molar-refractivity contribution is -0.115. The summed E-state index contributed by atoms with van der Waals surface area (Å²) in [6, 6.07) is 7.92. The highest BCUT2D eigenvalue weighted by Gasteiger charge is 2.20. The van der Waals surface area contributed by atoms with Gasteiger partial charge in [-0.15, -0.1) is 0 Å². The van der Waals surface area contributed by atoms with E-state index in [1.54, 1.807) is 0 Å². The number of amides is 1. The van der Waals surface area contributed by atoms with E-state index < -0.39 is 0 Å². The highest BCUT2D eigenvalue weighted by Crippen LogP contribution is 2.27. The number of fused-ring (bicyclic) bond motifs is 1. The van der Waals surface area contributed by atoms with Crippen LogP contribution >= 0.6 is 0 Å². The summed E-state index contributed by atoms with van der Waals surface area (Å²) in [7, 11) is 0. The maximum Gasteiger partial charge on any atom is 0.230 e. The highest BCUT2D eigenvalue weighted by molar-refractivity contribution is 5.92. The summed E-state index contributed by atoms with van der Waals surface area (Å²) in [5.74, 6) is 1.50. The molecule has 1 amide bonds. The number of aryl methyl sites for hydroxylation is 2. The van der Waals surface area contributed by atoms with Crippen LogP contribution in [0.1, 0.15) is 35.3 Å². The van der Waals surface area contributed by atoms with E-state index >= 15 is 0 Å². The van der Waals surface area contributed by atoms with Crippen LogP contribution in [0.3, 0.4) is 0 Å². The fourth-order valence-electron chi connectivity index (χ4n) is 2.64. The van der Waals surface area contributed by atoms with Gasteiger partial charge in [-0.1, -0.05) is 29.4 Å². The van der Waals surface area contributed by atoms with Crippen molar-refractivity contribution in [1.82, 2.24) is 5.16 Å². The van der Waals surface area contributed by atoms with E-state index in [4.69, 9.17) is 4.52 Å². The Morgan fingerprint density at radius 2 is 2.10 bits per heavy atom. The number of nitrogens with one attached hydrogen (secondary N) is 1. The number of aromatic nitrogens is 1. The van der Waals surface area contributed by atoms with Crippen molar-refractivity contribution in [3.63, 3.8) is 0 Å². The molecule has 1 aliphatic rings. The second-order valence-electron chi connectivity index (χ2n) is 5.29. The minimum atomic E-state index is -0.0408. The van der Waals surface area contributed by atoms with Crippen molar-refractivity contribution >= 4 is 11.7 Å². The first-order valence-electron chi connectivity index (χ1n) is 7.06. The maximum atomic E-state index is 12.1. The number of hydrogen-bond donors (Lipinski definition) is 1. The van der Waals surface area contributed by atoms with Gasteiger partial charge in [0.1, 0.15) is 5.76 Å². The summed E-state index contributed by atoms with van der Waals surface area (Å²) >= 11 is 0. The van der Waals surface area contributed by atoms with Gasteiger partial charge in [0.2, 0.25) is 5.91 Å². The molecule has 0 bridgehead atoms. The molecule has 1 aromatic heterocycles. The molecule has 0 saturated carbocycles. The zero-order chi connectivity index (χ0) is 13.9. The quantitative estimate of drug-likeness (QED) is 0.932. The largest absolute Gasteiger partial charge is 0.359 e. The molecular weight excluding hydrogens is 252 g/mol. The third-order valence-electron chi connectivity index (χ3n) is 3.82. The third kappa shape index (κ3) is 2.59. The summed E-state index contributed by atoms with van der Waals surface area (Å²) in [6.45, 7) is 2.01. The van der Waals surface area contributed by atoms with Gasteiger partial charge in [-0.3, -0.25) is 4.79 Å².